The second kappa shape index (κ2) is 10.2. The number of rotatable bonds is 6. The number of carbonyl (C=O) groups excluding carboxylic acids is 2. The lowest BCUT2D eigenvalue weighted by atomic mass is 10.0. The van der Waals surface area contributed by atoms with Gasteiger partial charge in [0, 0.05) is 31.9 Å². The van der Waals surface area contributed by atoms with Crippen LogP contribution >= 0.6 is 0 Å². The number of piperazine rings is 1. The second-order valence-corrected chi connectivity index (χ2v) is 7.82. The number of anilines is 1. The average molecular weight is 448 g/mol. The molecule has 3 rings (SSSR count). The van der Waals surface area contributed by atoms with Crippen molar-refractivity contribution in [1.29, 1.82) is 0 Å². The van der Waals surface area contributed by atoms with E-state index in [1.807, 2.05) is 36.9 Å². The lowest BCUT2D eigenvalue weighted by Gasteiger charge is -2.34. The van der Waals surface area contributed by atoms with Crippen LogP contribution in [0.25, 0.3) is 0 Å². The number of aryl methyl sites for hydroxylation is 2. The normalized spacial score (nSPS) is 15.0. The fourth-order valence-corrected chi connectivity index (χ4v) is 3.98. The first-order chi connectivity index (χ1) is 15.2. The van der Waals surface area contributed by atoms with Crippen LogP contribution in [0.1, 0.15) is 40.9 Å². The Morgan fingerprint density at radius 1 is 0.906 bits per heavy atom. The Kier molecular flexibility index (Phi) is 7.56. The zero-order valence-corrected chi connectivity index (χ0v) is 18.3. The van der Waals surface area contributed by atoms with E-state index in [-0.39, 0.29) is 31.1 Å². The quantitative estimate of drug-likeness (QED) is 0.721. The topological polar surface area (TPSA) is 52.7 Å². The maximum Gasteiger partial charge on any atom is 0.417 e. The molecule has 0 atom stereocenters. The van der Waals surface area contributed by atoms with Gasteiger partial charge in [-0.05, 0) is 36.1 Å². The van der Waals surface area contributed by atoms with Crippen molar-refractivity contribution in [2.24, 2.45) is 0 Å². The molecule has 0 bridgehead atoms. The van der Waals surface area contributed by atoms with Crippen LogP contribution in [0.15, 0.2) is 42.5 Å². The van der Waals surface area contributed by atoms with Crippen molar-refractivity contribution in [3.63, 3.8) is 0 Å². The number of nitrogens with zero attached hydrogens (tertiary/aromatic N) is 2. The molecule has 8 heteroatoms. The van der Waals surface area contributed by atoms with Crippen molar-refractivity contribution in [2.75, 3.05) is 38.0 Å². The summed E-state index contributed by atoms with van der Waals surface area (Å²) in [4.78, 5) is 28.7. The molecule has 1 saturated heterocycles. The van der Waals surface area contributed by atoms with Gasteiger partial charge in [0.2, 0.25) is 5.91 Å². The highest BCUT2D eigenvalue weighted by atomic mass is 19.4. The highest BCUT2D eigenvalue weighted by molar-refractivity contribution is 5.96. The summed E-state index contributed by atoms with van der Waals surface area (Å²) in [5, 5.41) is 3.03. The molecule has 1 fully saturated rings. The molecule has 2 aromatic rings. The van der Waals surface area contributed by atoms with Crippen LogP contribution in [0.2, 0.25) is 0 Å². The lowest BCUT2D eigenvalue weighted by Crippen LogP contribution is -2.50. The van der Waals surface area contributed by atoms with Gasteiger partial charge in [0.15, 0.2) is 0 Å². The van der Waals surface area contributed by atoms with Crippen LogP contribution in [0.4, 0.5) is 18.9 Å². The van der Waals surface area contributed by atoms with Crippen molar-refractivity contribution in [1.82, 2.24) is 9.80 Å². The average Bonchev–Trinajstić information content (AvgIpc) is 2.78. The number of halogens is 3. The van der Waals surface area contributed by atoms with Crippen LogP contribution in [0.5, 0.6) is 0 Å². The molecule has 2 amide bonds. The van der Waals surface area contributed by atoms with Gasteiger partial charge in [-0.25, -0.2) is 0 Å². The summed E-state index contributed by atoms with van der Waals surface area (Å²) in [6, 6.07) is 10.8. The van der Waals surface area contributed by atoms with E-state index in [1.165, 1.54) is 23.1 Å². The van der Waals surface area contributed by atoms with E-state index in [0.29, 0.717) is 13.1 Å². The van der Waals surface area contributed by atoms with Gasteiger partial charge in [-0.3, -0.25) is 14.5 Å². The van der Waals surface area contributed by atoms with E-state index in [2.05, 4.69) is 5.32 Å². The van der Waals surface area contributed by atoms with Gasteiger partial charge in [-0.2, -0.15) is 13.2 Å². The van der Waals surface area contributed by atoms with Crippen LogP contribution < -0.4 is 5.32 Å². The predicted octanol–water partition coefficient (Wildman–Crippen LogP) is 4.23. The number of alkyl halides is 3. The summed E-state index contributed by atoms with van der Waals surface area (Å²) in [5.74, 6) is -0.769. The first kappa shape index (κ1) is 23.8. The Balaban J connectivity index is 1.59. The van der Waals surface area contributed by atoms with Crippen LogP contribution in [-0.4, -0.2) is 54.3 Å². The summed E-state index contributed by atoms with van der Waals surface area (Å²) in [5.41, 5.74) is 1.76. The van der Waals surface area contributed by atoms with Crippen molar-refractivity contribution in [3.8, 4) is 0 Å². The van der Waals surface area contributed by atoms with Crippen molar-refractivity contribution in [2.45, 2.75) is 32.9 Å². The van der Waals surface area contributed by atoms with Gasteiger partial charge in [-0.1, -0.05) is 44.2 Å². The predicted molar refractivity (Wildman–Crippen MR) is 118 cm³/mol. The minimum atomic E-state index is -4.59. The largest absolute Gasteiger partial charge is 0.417 e. The third-order valence-electron chi connectivity index (χ3n) is 5.75. The molecular weight excluding hydrogens is 419 g/mol. The molecule has 2 aromatic carbocycles. The standard InChI is InChI=1S/C24H28F3N3O2/c1-3-17-8-7-9-18(4-2)22(17)28-21(31)16-29-12-14-30(15-13-29)23(32)19-10-5-6-11-20(19)24(25,26)27/h5-11H,3-4,12-16H2,1-2H3,(H,28,31). The van der Waals surface area contributed by atoms with Crippen LogP contribution in [-0.2, 0) is 23.8 Å². The first-order valence-corrected chi connectivity index (χ1v) is 10.8. The molecule has 172 valence electrons. The molecule has 1 aliphatic heterocycles. The fraction of sp³-hybridized carbons (Fsp3) is 0.417. The van der Waals surface area contributed by atoms with E-state index >= 15 is 0 Å². The van der Waals surface area contributed by atoms with Gasteiger partial charge < -0.3 is 10.2 Å². The van der Waals surface area contributed by atoms with Crippen LogP contribution in [0, 0.1) is 0 Å². The summed E-state index contributed by atoms with van der Waals surface area (Å²) in [6.45, 7) is 5.62. The molecule has 5 nitrogen and oxygen atoms in total. The van der Waals surface area contributed by atoms with E-state index in [1.54, 1.807) is 0 Å². The van der Waals surface area contributed by atoms with Gasteiger partial charge in [0.05, 0.1) is 17.7 Å². The van der Waals surface area contributed by atoms with Crippen molar-refractivity contribution >= 4 is 17.5 Å². The summed E-state index contributed by atoms with van der Waals surface area (Å²) in [7, 11) is 0. The third kappa shape index (κ3) is 5.48. The zero-order valence-electron chi connectivity index (χ0n) is 18.3. The van der Waals surface area contributed by atoms with Gasteiger partial charge in [-0.15, -0.1) is 0 Å². The Morgan fingerprint density at radius 2 is 1.50 bits per heavy atom. The zero-order chi connectivity index (χ0) is 23.3. The summed E-state index contributed by atoms with van der Waals surface area (Å²) < 4.78 is 39.7. The second-order valence-electron chi connectivity index (χ2n) is 7.82. The molecule has 32 heavy (non-hydrogen) atoms. The van der Waals surface area contributed by atoms with Crippen LogP contribution in [0.3, 0.4) is 0 Å². The first-order valence-electron chi connectivity index (χ1n) is 10.8. The summed E-state index contributed by atoms with van der Waals surface area (Å²) >= 11 is 0. The van der Waals surface area contributed by atoms with Gasteiger partial charge in [0.25, 0.3) is 5.91 Å². The Labute approximate surface area is 186 Å². The number of amides is 2. The van der Waals surface area contributed by atoms with E-state index in [4.69, 9.17) is 0 Å². The van der Waals surface area contributed by atoms with Crippen molar-refractivity contribution < 1.29 is 22.8 Å². The molecule has 1 aliphatic rings. The maximum absolute atomic E-state index is 13.2. The molecule has 0 radical (unpaired) electrons. The lowest BCUT2D eigenvalue weighted by molar-refractivity contribution is -0.138. The molecule has 0 aliphatic carbocycles. The number of carbonyl (C=O) groups is 2. The molecular formula is C24H28F3N3O2. The van der Waals surface area contributed by atoms with Crippen molar-refractivity contribution in [3.05, 3.63) is 64.7 Å². The smallest absolute Gasteiger partial charge is 0.336 e. The van der Waals surface area contributed by atoms with E-state index in [9.17, 15) is 22.8 Å². The fourth-order valence-electron chi connectivity index (χ4n) is 3.98. The van der Waals surface area contributed by atoms with E-state index in [0.717, 1.165) is 35.7 Å². The highest BCUT2D eigenvalue weighted by Gasteiger charge is 2.36. The van der Waals surface area contributed by atoms with Gasteiger partial charge >= 0.3 is 6.18 Å². The minimum absolute atomic E-state index is 0.136. The SMILES string of the molecule is CCc1cccc(CC)c1NC(=O)CN1CCN(C(=O)c2ccccc2C(F)(F)F)CC1. The highest BCUT2D eigenvalue weighted by Crippen LogP contribution is 2.32. The number of benzene rings is 2. The molecule has 1 N–H and O–H groups in total. The third-order valence-corrected chi connectivity index (χ3v) is 5.75. The number of para-hydroxylation sites is 1. The number of nitrogens with one attached hydrogen (secondary N) is 1. The maximum atomic E-state index is 13.2. The molecule has 0 spiro atoms. The Morgan fingerprint density at radius 3 is 2.06 bits per heavy atom. The Bertz CT molecular complexity index is 945. The summed E-state index contributed by atoms with van der Waals surface area (Å²) in [6.07, 6.45) is -2.97. The Hall–Kier alpha value is -2.87. The molecule has 0 unspecified atom stereocenters. The monoisotopic (exact) mass is 447 g/mol. The minimum Gasteiger partial charge on any atom is -0.336 e. The molecule has 0 saturated carbocycles. The molecule has 0 aromatic heterocycles. The number of hydrogen-bond donors (Lipinski definition) is 1. The van der Waals surface area contributed by atoms with E-state index < -0.39 is 17.6 Å². The molecule has 1 heterocycles. The van der Waals surface area contributed by atoms with Gasteiger partial charge in [0.1, 0.15) is 0 Å². The number of hydrogen-bond acceptors (Lipinski definition) is 3.